The molecule has 0 aliphatic carbocycles. The molecule has 0 aromatic heterocycles. The molecule has 3 aromatic rings. The van der Waals surface area contributed by atoms with Crippen LogP contribution < -0.4 is 15.0 Å². The van der Waals surface area contributed by atoms with Crippen LogP contribution in [0.2, 0.25) is 5.02 Å². The number of likely N-dealkylation sites (N-methyl/N-ethyl adjacent to an activating group) is 1. The van der Waals surface area contributed by atoms with Gasteiger partial charge in [-0.2, -0.15) is 0 Å². The number of halogens is 3. The van der Waals surface area contributed by atoms with Crippen LogP contribution in [0, 0.1) is 11.6 Å². The number of benzene rings is 3. The average Bonchev–Trinajstić information content (AvgIpc) is 2.75. The molecule has 0 fully saturated rings. The van der Waals surface area contributed by atoms with Gasteiger partial charge in [-0.25, -0.2) is 8.78 Å². The van der Waals surface area contributed by atoms with E-state index >= 15 is 0 Å². The SMILES string of the molecule is CNC[C@@H](O)[C@](c1ccccc1)(c1cc(F)cc(F)c1)N1CCOc2ccc(Cl)cc21. The van der Waals surface area contributed by atoms with E-state index in [0.717, 1.165) is 6.07 Å². The van der Waals surface area contributed by atoms with Crippen molar-refractivity contribution in [3.8, 4) is 5.75 Å². The zero-order valence-electron chi connectivity index (χ0n) is 17.0. The second kappa shape index (κ2) is 8.83. The van der Waals surface area contributed by atoms with Crippen molar-refractivity contribution in [1.82, 2.24) is 5.32 Å². The zero-order valence-corrected chi connectivity index (χ0v) is 17.7. The summed E-state index contributed by atoms with van der Waals surface area (Å²) >= 11 is 6.30. The molecule has 2 N–H and O–H groups in total. The average molecular weight is 445 g/mol. The molecule has 1 aliphatic rings. The highest BCUT2D eigenvalue weighted by Gasteiger charge is 2.48. The van der Waals surface area contributed by atoms with Crippen molar-refractivity contribution in [2.24, 2.45) is 0 Å². The van der Waals surface area contributed by atoms with Crippen molar-refractivity contribution in [3.05, 3.63) is 94.5 Å². The summed E-state index contributed by atoms with van der Waals surface area (Å²) in [6.07, 6.45) is -1.06. The van der Waals surface area contributed by atoms with Crippen LogP contribution in [0.3, 0.4) is 0 Å². The Hall–Kier alpha value is -2.67. The molecule has 0 amide bonds. The maximum Gasteiger partial charge on any atom is 0.142 e. The fourth-order valence-corrected chi connectivity index (χ4v) is 4.57. The Morgan fingerprint density at radius 1 is 1.06 bits per heavy atom. The van der Waals surface area contributed by atoms with Gasteiger partial charge in [0.25, 0.3) is 0 Å². The Labute approximate surface area is 185 Å². The van der Waals surface area contributed by atoms with Gasteiger partial charge in [-0.05, 0) is 48.5 Å². The van der Waals surface area contributed by atoms with Gasteiger partial charge in [0.05, 0.1) is 18.3 Å². The molecule has 31 heavy (non-hydrogen) atoms. The number of nitrogens with zero attached hydrogens (tertiary/aromatic N) is 1. The van der Waals surface area contributed by atoms with Gasteiger partial charge in [-0.3, -0.25) is 0 Å². The van der Waals surface area contributed by atoms with Crippen LogP contribution in [0.4, 0.5) is 14.5 Å². The molecule has 0 unspecified atom stereocenters. The first-order valence-electron chi connectivity index (χ1n) is 10.0. The summed E-state index contributed by atoms with van der Waals surface area (Å²) in [5.74, 6) is -0.845. The highest BCUT2D eigenvalue weighted by molar-refractivity contribution is 6.31. The van der Waals surface area contributed by atoms with Crippen LogP contribution in [0.5, 0.6) is 5.75 Å². The number of anilines is 1. The molecule has 1 aliphatic heterocycles. The highest BCUT2D eigenvalue weighted by Crippen LogP contribution is 2.47. The van der Waals surface area contributed by atoms with Crippen molar-refractivity contribution >= 4 is 17.3 Å². The Bertz CT molecular complexity index is 1050. The lowest BCUT2D eigenvalue weighted by Crippen LogP contribution is -2.59. The van der Waals surface area contributed by atoms with Gasteiger partial charge in [-0.1, -0.05) is 41.9 Å². The fraction of sp³-hybridized carbons (Fsp3) is 0.250. The summed E-state index contributed by atoms with van der Waals surface area (Å²) in [7, 11) is 1.72. The van der Waals surface area contributed by atoms with E-state index in [1.165, 1.54) is 12.1 Å². The molecular formula is C24H23ClF2N2O2. The third-order valence-electron chi connectivity index (χ3n) is 5.61. The molecule has 4 nitrogen and oxygen atoms in total. The van der Waals surface area contributed by atoms with E-state index < -0.39 is 23.3 Å². The lowest BCUT2D eigenvalue weighted by atomic mass is 9.75. The molecule has 4 rings (SSSR count). The topological polar surface area (TPSA) is 44.7 Å². The number of fused-ring (bicyclic) bond motifs is 1. The molecule has 0 saturated heterocycles. The Balaban J connectivity index is 2.07. The smallest absolute Gasteiger partial charge is 0.142 e. The molecule has 0 bridgehead atoms. The van der Waals surface area contributed by atoms with E-state index in [-0.39, 0.29) is 6.54 Å². The molecule has 1 heterocycles. The zero-order chi connectivity index (χ0) is 22.0. The van der Waals surface area contributed by atoms with Gasteiger partial charge >= 0.3 is 0 Å². The second-order valence-electron chi connectivity index (χ2n) is 7.48. The van der Waals surface area contributed by atoms with Gasteiger partial charge in [0, 0.05) is 17.6 Å². The lowest BCUT2D eigenvalue weighted by molar-refractivity contribution is 0.0941. The van der Waals surface area contributed by atoms with Crippen molar-refractivity contribution in [1.29, 1.82) is 0 Å². The van der Waals surface area contributed by atoms with Crippen molar-refractivity contribution < 1.29 is 18.6 Å². The Kier molecular flexibility index (Phi) is 6.14. The standard InChI is InChI=1S/C24H23ClF2N2O2/c1-28-15-23(30)24(16-5-3-2-4-6-16,17-11-19(26)14-20(27)12-17)29-9-10-31-22-8-7-18(25)13-21(22)29/h2-8,11-14,23,28,30H,9-10,15H2,1H3/t23-,24+/m1/s1. The van der Waals surface area contributed by atoms with Crippen molar-refractivity contribution in [3.63, 3.8) is 0 Å². The number of rotatable bonds is 6. The maximum atomic E-state index is 14.4. The number of hydrogen-bond donors (Lipinski definition) is 2. The first-order chi connectivity index (χ1) is 15.0. The first kappa shape index (κ1) is 21.6. The molecule has 3 aromatic carbocycles. The summed E-state index contributed by atoms with van der Waals surface area (Å²) in [4.78, 5) is 1.93. The quantitative estimate of drug-likeness (QED) is 0.593. The molecule has 0 spiro atoms. The van der Waals surface area contributed by atoms with Gasteiger partial charge in [-0.15, -0.1) is 0 Å². The number of hydrogen-bond acceptors (Lipinski definition) is 4. The van der Waals surface area contributed by atoms with Gasteiger partial charge < -0.3 is 20.1 Å². The van der Waals surface area contributed by atoms with E-state index in [9.17, 15) is 13.9 Å². The van der Waals surface area contributed by atoms with E-state index in [2.05, 4.69) is 5.32 Å². The molecular weight excluding hydrogens is 422 g/mol. The van der Waals surface area contributed by atoms with Crippen molar-refractivity contribution in [2.45, 2.75) is 11.6 Å². The minimum atomic E-state index is -1.31. The predicted molar refractivity (Wildman–Crippen MR) is 118 cm³/mol. The molecule has 0 radical (unpaired) electrons. The molecule has 7 heteroatoms. The van der Waals surface area contributed by atoms with Crippen LogP contribution in [0.1, 0.15) is 11.1 Å². The Morgan fingerprint density at radius 3 is 2.45 bits per heavy atom. The Morgan fingerprint density at radius 2 is 1.77 bits per heavy atom. The normalized spacial score (nSPS) is 16.2. The maximum absolute atomic E-state index is 14.4. The van der Waals surface area contributed by atoms with Gasteiger partial charge in [0.15, 0.2) is 0 Å². The number of nitrogens with one attached hydrogen (secondary N) is 1. The fourth-order valence-electron chi connectivity index (χ4n) is 4.41. The summed E-state index contributed by atoms with van der Waals surface area (Å²) in [6, 6.07) is 17.8. The molecule has 2 atom stereocenters. The summed E-state index contributed by atoms with van der Waals surface area (Å²) < 4.78 is 34.7. The van der Waals surface area contributed by atoms with Gasteiger partial charge in [0.2, 0.25) is 0 Å². The van der Waals surface area contributed by atoms with E-state index in [0.29, 0.717) is 40.7 Å². The summed E-state index contributed by atoms with van der Waals surface area (Å²) in [5, 5.41) is 15.1. The monoisotopic (exact) mass is 444 g/mol. The summed E-state index contributed by atoms with van der Waals surface area (Å²) in [6.45, 7) is 0.898. The number of aliphatic hydroxyl groups excluding tert-OH is 1. The highest BCUT2D eigenvalue weighted by atomic mass is 35.5. The third-order valence-corrected chi connectivity index (χ3v) is 5.84. The number of ether oxygens (including phenoxy) is 1. The number of aliphatic hydroxyl groups is 1. The lowest BCUT2D eigenvalue weighted by Gasteiger charge is -2.50. The van der Waals surface area contributed by atoms with Crippen LogP contribution in [-0.2, 0) is 5.54 Å². The van der Waals surface area contributed by atoms with E-state index in [1.807, 2.05) is 35.2 Å². The predicted octanol–water partition coefficient (Wildman–Crippen LogP) is 4.34. The van der Waals surface area contributed by atoms with E-state index in [4.69, 9.17) is 16.3 Å². The van der Waals surface area contributed by atoms with Crippen molar-refractivity contribution in [2.75, 3.05) is 31.6 Å². The second-order valence-corrected chi connectivity index (χ2v) is 7.91. The van der Waals surface area contributed by atoms with E-state index in [1.54, 1.807) is 25.2 Å². The van der Waals surface area contributed by atoms with Crippen LogP contribution in [0.15, 0.2) is 66.7 Å². The molecule has 0 saturated carbocycles. The first-order valence-corrected chi connectivity index (χ1v) is 10.4. The third kappa shape index (κ3) is 3.87. The van der Waals surface area contributed by atoms with Crippen LogP contribution in [0.25, 0.3) is 0 Å². The van der Waals surface area contributed by atoms with Crippen LogP contribution >= 0.6 is 11.6 Å². The van der Waals surface area contributed by atoms with Crippen LogP contribution in [-0.4, -0.2) is 38.0 Å². The molecule has 162 valence electrons. The largest absolute Gasteiger partial charge is 0.490 e. The minimum Gasteiger partial charge on any atom is -0.490 e. The van der Waals surface area contributed by atoms with Gasteiger partial charge in [0.1, 0.15) is 29.5 Å². The minimum absolute atomic E-state index is 0.181. The summed E-state index contributed by atoms with van der Waals surface area (Å²) in [5.41, 5.74) is 0.320.